The van der Waals surface area contributed by atoms with Crippen molar-refractivity contribution in [3.63, 3.8) is 0 Å². The van der Waals surface area contributed by atoms with Crippen molar-refractivity contribution in [1.82, 2.24) is 0 Å². The lowest BCUT2D eigenvalue weighted by atomic mass is 10.3. The Morgan fingerprint density at radius 1 is 1.31 bits per heavy atom. The molecule has 0 aromatic heterocycles. The molecule has 0 aromatic carbocycles. The summed E-state index contributed by atoms with van der Waals surface area (Å²) in [5, 5.41) is 0. The molecule has 0 saturated heterocycles. The van der Waals surface area contributed by atoms with E-state index < -0.39 is 0 Å². The van der Waals surface area contributed by atoms with Crippen LogP contribution in [0.25, 0.3) is 0 Å². The molecule has 0 aliphatic carbocycles. The number of ether oxygens (including phenoxy) is 2. The Kier molecular flexibility index (Phi) is 5.59. The predicted octanol–water partition coefficient (Wildman–Crippen LogP) is 1.06. The van der Waals surface area contributed by atoms with Gasteiger partial charge < -0.3 is 9.47 Å². The van der Waals surface area contributed by atoms with Crippen molar-refractivity contribution in [2.45, 2.75) is 26.9 Å². The zero-order valence-electron chi connectivity index (χ0n) is 8.07. The average Bonchev–Trinajstić information content (AvgIpc) is 1.96. The molecule has 1 atom stereocenters. The van der Waals surface area contributed by atoms with Crippen LogP contribution in [0.4, 0.5) is 0 Å². The van der Waals surface area contributed by atoms with Gasteiger partial charge in [-0.3, -0.25) is 9.59 Å². The maximum atomic E-state index is 10.5. The molecule has 0 rings (SSSR count). The lowest BCUT2D eigenvalue weighted by Gasteiger charge is -2.05. The summed E-state index contributed by atoms with van der Waals surface area (Å²) in [4.78, 5) is 20.8. The predicted molar refractivity (Wildman–Crippen MR) is 47.0 cm³/mol. The summed E-state index contributed by atoms with van der Waals surface area (Å²) < 4.78 is 9.42. The monoisotopic (exact) mass is 186 g/mol. The van der Waals surface area contributed by atoms with Gasteiger partial charge in [-0.1, -0.05) is 0 Å². The van der Waals surface area contributed by atoms with E-state index in [9.17, 15) is 9.59 Å². The minimum Gasteiger partial charge on any atom is -0.462 e. The quantitative estimate of drug-likeness (QED) is 0.486. The molecule has 74 valence electrons. The first kappa shape index (κ1) is 11.7. The molecule has 0 N–H and O–H groups in total. The molecule has 0 bridgehead atoms. The number of carbonyl (C=O) groups excluding carboxylic acids is 2. The number of esters is 2. The van der Waals surface area contributed by atoms with E-state index in [-0.39, 0.29) is 24.6 Å². The first-order valence-electron chi connectivity index (χ1n) is 3.99. The van der Waals surface area contributed by atoms with Crippen molar-refractivity contribution in [2.75, 3.05) is 6.61 Å². The van der Waals surface area contributed by atoms with Crippen LogP contribution in [0, 0.1) is 0 Å². The van der Waals surface area contributed by atoms with E-state index in [1.165, 1.54) is 13.8 Å². The number of rotatable bonds is 4. The minimum absolute atomic E-state index is 0.209. The second-order valence-electron chi connectivity index (χ2n) is 2.55. The Morgan fingerprint density at radius 2 is 1.92 bits per heavy atom. The van der Waals surface area contributed by atoms with E-state index in [0.29, 0.717) is 0 Å². The van der Waals surface area contributed by atoms with Gasteiger partial charge in [0.15, 0.2) is 0 Å². The molecule has 0 radical (unpaired) electrons. The zero-order valence-corrected chi connectivity index (χ0v) is 8.07. The minimum atomic E-state index is -0.329. The van der Waals surface area contributed by atoms with Gasteiger partial charge in [0, 0.05) is 13.8 Å². The highest BCUT2D eigenvalue weighted by molar-refractivity contribution is 5.66. The third-order valence-corrected chi connectivity index (χ3v) is 1.14. The Hall–Kier alpha value is -1.32. The molecule has 0 aliphatic rings. The number of carbonyl (C=O) groups is 2. The molecule has 1 unspecified atom stereocenters. The van der Waals surface area contributed by atoms with E-state index in [0.717, 1.165) is 0 Å². The molecular weight excluding hydrogens is 172 g/mol. The molecular formula is C9H14O4. The lowest BCUT2D eigenvalue weighted by molar-refractivity contribution is -0.143. The van der Waals surface area contributed by atoms with Crippen LogP contribution in [0.15, 0.2) is 12.2 Å². The standard InChI is InChI=1S/C9H14O4/c1-7(13-9(3)11)5-4-6-12-8(2)10/h4-5,7H,6H2,1-3H3/b5-4+. The number of hydrogen-bond donors (Lipinski definition) is 0. The summed E-state index contributed by atoms with van der Waals surface area (Å²) >= 11 is 0. The SMILES string of the molecule is CC(=O)OC/C=C/C(C)OC(C)=O. The van der Waals surface area contributed by atoms with Gasteiger partial charge in [0.1, 0.15) is 12.7 Å². The molecule has 13 heavy (non-hydrogen) atoms. The highest BCUT2D eigenvalue weighted by Gasteiger charge is 1.98. The summed E-state index contributed by atoms with van der Waals surface area (Å²) in [6, 6.07) is 0. The van der Waals surface area contributed by atoms with Crippen molar-refractivity contribution in [3.05, 3.63) is 12.2 Å². The summed E-state index contributed by atoms with van der Waals surface area (Å²) in [6.45, 7) is 4.62. The van der Waals surface area contributed by atoms with Crippen molar-refractivity contribution in [3.8, 4) is 0 Å². The van der Waals surface area contributed by atoms with Gasteiger partial charge in [0.25, 0.3) is 0 Å². The van der Waals surface area contributed by atoms with Crippen LogP contribution in [0.2, 0.25) is 0 Å². The van der Waals surface area contributed by atoms with Crippen molar-refractivity contribution < 1.29 is 19.1 Å². The van der Waals surface area contributed by atoms with Crippen LogP contribution < -0.4 is 0 Å². The largest absolute Gasteiger partial charge is 0.462 e. The maximum Gasteiger partial charge on any atom is 0.303 e. The molecule has 4 heteroatoms. The summed E-state index contributed by atoms with van der Waals surface area (Å²) in [5.74, 6) is -0.658. The van der Waals surface area contributed by atoms with Crippen LogP contribution in [0.3, 0.4) is 0 Å². The smallest absolute Gasteiger partial charge is 0.303 e. The van der Waals surface area contributed by atoms with Crippen LogP contribution in [-0.2, 0) is 19.1 Å². The Bertz CT molecular complexity index is 208. The summed E-state index contributed by atoms with van der Waals surface area (Å²) in [6.07, 6.45) is 3.01. The van der Waals surface area contributed by atoms with Gasteiger partial charge in [-0.05, 0) is 19.1 Å². The van der Waals surface area contributed by atoms with E-state index in [1.807, 2.05) is 0 Å². The molecule has 0 saturated carbocycles. The van der Waals surface area contributed by atoms with Crippen LogP contribution >= 0.6 is 0 Å². The fourth-order valence-electron chi connectivity index (χ4n) is 0.714. The maximum absolute atomic E-state index is 10.5. The fourth-order valence-corrected chi connectivity index (χ4v) is 0.714. The fraction of sp³-hybridized carbons (Fsp3) is 0.556. The second-order valence-corrected chi connectivity index (χ2v) is 2.55. The third kappa shape index (κ3) is 8.59. The van der Waals surface area contributed by atoms with Gasteiger partial charge >= 0.3 is 11.9 Å². The summed E-state index contributed by atoms with van der Waals surface area (Å²) in [5.41, 5.74) is 0. The first-order chi connectivity index (χ1) is 6.02. The Labute approximate surface area is 77.5 Å². The Morgan fingerprint density at radius 3 is 2.38 bits per heavy atom. The third-order valence-electron chi connectivity index (χ3n) is 1.14. The molecule has 0 heterocycles. The highest BCUT2D eigenvalue weighted by atomic mass is 16.5. The first-order valence-corrected chi connectivity index (χ1v) is 3.99. The van der Waals surface area contributed by atoms with Gasteiger partial charge in [0.05, 0.1) is 0 Å². The molecule has 0 aromatic rings. The molecule has 0 aliphatic heterocycles. The topological polar surface area (TPSA) is 52.6 Å². The average molecular weight is 186 g/mol. The molecule has 0 fully saturated rings. The van der Waals surface area contributed by atoms with Crippen molar-refractivity contribution >= 4 is 11.9 Å². The van der Waals surface area contributed by atoms with Gasteiger partial charge in [-0.2, -0.15) is 0 Å². The molecule has 0 amide bonds. The van der Waals surface area contributed by atoms with Crippen LogP contribution in [0.5, 0.6) is 0 Å². The van der Waals surface area contributed by atoms with Gasteiger partial charge in [0.2, 0.25) is 0 Å². The van der Waals surface area contributed by atoms with Crippen molar-refractivity contribution in [1.29, 1.82) is 0 Å². The second kappa shape index (κ2) is 6.22. The van der Waals surface area contributed by atoms with E-state index >= 15 is 0 Å². The summed E-state index contributed by atoms with van der Waals surface area (Å²) in [7, 11) is 0. The lowest BCUT2D eigenvalue weighted by Crippen LogP contribution is -2.09. The number of hydrogen-bond acceptors (Lipinski definition) is 4. The van der Waals surface area contributed by atoms with E-state index in [1.54, 1.807) is 19.1 Å². The van der Waals surface area contributed by atoms with Gasteiger partial charge in [-0.15, -0.1) is 0 Å². The Balaban J connectivity index is 3.59. The molecule has 4 nitrogen and oxygen atoms in total. The van der Waals surface area contributed by atoms with E-state index in [2.05, 4.69) is 4.74 Å². The van der Waals surface area contributed by atoms with Crippen LogP contribution in [0.1, 0.15) is 20.8 Å². The van der Waals surface area contributed by atoms with Gasteiger partial charge in [-0.25, -0.2) is 0 Å². The highest BCUT2D eigenvalue weighted by Crippen LogP contribution is 1.93. The normalized spacial score (nSPS) is 12.5. The van der Waals surface area contributed by atoms with E-state index in [4.69, 9.17) is 4.74 Å². The zero-order chi connectivity index (χ0) is 10.3. The molecule has 0 spiro atoms. The van der Waals surface area contributed by atoms with Crippen molar-refractivity contribution in [2.24, 2.45) is 0 Å². The van der Waals surface area contributed by atoms with Crippen LogP contribution in [-0.4, -0.2) is 24.6 Å².